The van der Waals surface area contributed by atoms with Gasteiger partial charge in [-0.15, -0.1) is 0 Å². The van der Waals surface area contributed by atoms with Crippen LogP contribution in [0.15, 0.2) is 24.5 Å². The molecule has 2 aliphatic rings. The molecule has 0 bridgehead atoms. The molecule has 4 atom stereocenters. The maximum absolute atomic E-state index is 4.10. The van der Waals surface area contributed by atoms with E-state index in [1.54, 1.807) is 0 Å². The summed E-state index contributed by atoms with van der Waals surface area (Å²) in [5, 5.41) is 3.84. The minimum absolute atomic E-state index is 0.452. The molecule has 2 aliphatic carbocycles. The van der Waals surface area contributed by atoms with Gasteiger partial charge in [0.05, 0.1) is 0 Å². The van der Waals surface area contributed by atoms with Crippen LogP contribution in [0.25, 0.3) is 0 Å². The van der Waals surface area contributed by atoms with Gasteiger partial charge in [0.1, 0.15) is 0 Å². The first-order valence-electron chi connectivity index (χ1n) is 7.99. The lowest BCUT2D eigenvalue weighted by molar-refractivity contribution is 0.139. The monoisotopic (exact) mass is 258 g/mol. The third-order valence-corrected chi connectivity index (χ3v) is 5.23. The summed E-state index contributed by atoms with van der Waals surface area (Å²) in [6.45, 7) is 2.28. The van der Waals surface area contributed by atoms with E-state index >= 15 is 0 Å². The molecule has 2 saturated carbocycles. The minimum atomic E-state index is 0.452. The van der Waals surface area contributed by atoms with Crippen LogP contribution in [-0.4, -0.2) is 11.0 Å². The van der Waals surface area contributed by atoms with Crippen LogP contribution in [0.5, 0.6) is 0 Å². The Kier molecular flexibility index (Phi) is 4.17. The molecule has 0 radical (unpaired) electrons. The van der Waals surface area contributed by atoms with Crippen molar-refractivity contribution in [2.45, 2.75) is 64.0 Å². The predicted octanol–water partition coefficient (Wildman–Crippen LogP) is 4.09. The smallest absolute Gasteiger partial charge is 0.0295 e. The molecule has 19 heavy (non-hydrogen) atoms. The normalized spacial score (nSPS) is 32.6. The van der Waals surface area contributed by atoms with Crippen molar-refractivity contribution in [3.8, 4) is 0 Å². The summed E-state index contributed by atoms with van der Waals surface area (Å²) in [5.74, 6) is 2.05. The van der Waals surface area contributed by atoms with Crippen LogP contribution in [0.4, 0.5) is 0 Å². The molecule has 0 amide bonds. The molecule has 3 unspecified atom stereocenters. The summed E-state index contributed by atoms with van der Waals surface area (Å²) in [6, 6.07) is 5.43. The zero-order chi connectivity index (χ0) is 13.1. The van der Waals surface area contributed by atoms with E-state index in [1.807, 2.05) is 12.4 Å². The van der Waals surface area contributed by atoms with Crippen molar-refractivity contribution in [2.75, 3.05) is 0 Å². The number of hydrogen-bond acceptors (Lipinski definition) is 2. The molecule has 2 heteroatoms. The van der Waals surface area contributed by atoms with Crippen molar-refractivity contribution in [2.24, 2.45) is 11.8 Å². The van der Waals surface area contributed by atoms with E-state index in [0.29, 0.717) is 6.04 Å². The van der Waals surface area contributed by atoms with E-state index in [0.717, 1.165) is 17.9 Å². The Hall–Kier alpha value is -0.890. The van der Waals surface area contributed by atoms with E-state index in [9.17, 15) is 0 Å². The zero-order valence-electron chi connectivity index (χ0n) is 12.0. The van der Waals surface area contributed by atoms with E-state index in [1.165, 1.54) is 50.5 Å². The van der Waals surface area contributed by atoms with Gasteiger partial charge in [-0.05, 0) is 55.7 Å². The van der Waals surface area contributed by atoms with Gasteiger partial charge in [-0.25, -0.2) is 0 Å². The Morgan fingerprint density at radius 3 is 2.58 bits per heavy atom. The fourth-order valence-electron chi connectivity index (χ4n) is 4.13. The second kappa shape index (κ2) is 6.04. The van der Waals surface area contributed by atoms with Gasteiger partial charge in [0, 0.05) is 24.5 Å². The van der Waals surface area contributed by atoms with Crippen LogP contribution >= 0.6 is 0 Å². The molecule has 1 aromatic heterocycles. The maximum atomic E-state index is 4.10. The van der Waals surface area contributed by atoms with Crippen LogP contribution in [0.3, 0.4) is 0 Å². The van der Waals surface area contributed by atoms with Crippen molar-refractivity contribution in [1.29, 1.82) is 0 Å². The molecule has 104 valence electrons. The largest absolute Gasteiger partial charge is 0.307 e. The molecule has 0 aromatic carbocycles. The van der Waals surface area contributed by atoms with E-state index in [4.69, 9.17) is 0 Å². The van der Waals surface area contributed by atoms with Crippen LogP contribution in [-0.2, 0) is 0 Å². The Balaban J connectivity index is 1.56. The maximum Gasteiger partial charge on any atom is 0.0295 e. The first-order valence-corrected chi connectivity index (χ1v) is 7.99. The summed E-state index contributed by atoms with van der Waals surface area (Å²) in [4.78, 5) is 4.10. The van der Waals surface area contributed by atoms with Gasteiger partial charge < -0.3 is 5.32 Å². The van der Waals surface area contributed by atoms with Gasteiger partial charge in [0.15, 0.2) is 0 Å². The van der Waals surface area contributed by atoms with Gasteiger partial charge in [-0.3, -0.25) is 4.98 Å². The molecule has 3 rings (SSSR count). The number of nitrogens with one attached hydrogen (secondary N) is 1. The molecule has 0 aliphatic heterocycles. The molecule has 0 spiro atoms. The fourth-order valence-corrected chi connectivity index (χ4v) is 4.13. The van der Waals surface area contributed by atoms with Crippen LogP contribution in [0, 0.1) is 11.8 Å². The van der Waals surface area contributed by atoms with Crippen molar-refractivity contribution >= 4 is 0 Å². The Morgan fingerprint density at radius 2 is 1.79 bits per heavy atom. The van der Waals surface area contributed by atoms with Crippen molar-refractivity contribution in [3.63, 3.8) is 0 Å². The quantitative estimate of drug-likeness (QED) is 0.883. The summed E-state index contributed by atoms with van der Waals surface area (Å²) in [7, 11) is 0. The second-order valence-corrected chi connectivity index (χ2v) is 6.48. The highest BCUT2D eigenvalue weighted by atomic mass is 14.9. The second-order valence-electron chi connectivity index (χ2n) is 6.48. The number of pyridine rings is 1. The summed E-state index contributed by atoms with van der Waals surface area (Å²) in [6.07, 6.45) is 13.9. The number of nitrogens with zero attached hydrogens (tertiary/aromatic N) is 1. The molecular weight excluding hydrogens is 232 g/mol. The SMILES string of the molecule is C[C@H](NC1CCC2CCCCC2C1)c1ccncc1. The topological polar surface area (TPSA) is 24.9 Å². The average molecular weight is 258 g/mol. The van der Waals surface area contributed by atoms with Crippen LogP contribution in [0.1, 0.15) is 63.5 Å². The van der Waals surface area contributed by atoms with Crippen LogP contribution < -0.4 is 5.32 Å². The lowest BCUT2D eigenvalue weighted by atomic mass is 9.69. The number of hydrogen-bond donors (Lipinski definition) is 1. The van der Waals surface area contributed by atoms with Gasteiger partial charge in [0.25, 0.3) is 0 Å². The van der Waals surface area contributed by atoms with Gasteiger partial charge in [0.2, 0.25) is 0 Å². The Labute approximate surface area is 117 Å². The lowest BCUT2D eigenvalue weighted by Gasteiger charge is -2.40. The highest BCUT2D eigenvalue weighted by molar-refractivity contribution is 5.14. The minimum Gasteiger partial charge on any atom is -0.307 e. The van der Waals surface area contributed by atoms with E-state index < -0.39 is 0 Å². The fraction of sp³-hybridized carbons (Fsp3) is 0.706. The Morgan fingerprint density at radius 1 is 1.05 bits per heavy atom. The van der Waals surface area contributed by atoms with Gasteiger partial charge >= 0.3 is 0 Å². The summed E-state index contributed by atoms with van der Waals surface area (Å²) < 4.78 is 0. The first-order chi connectivity index (χ1) is 9.33. The average Bonchev–Trinajstić information content (AvgIpc) is 2.48. The molecule has 1 heterocycles. The van der Waals surface area contributed by atoms with Crippen molar-refractivity contribution in [3.05, 3.63) is 30.1 Å². The standard InChI is InChI=1S/C17H26N2/c1-13(14-8-10-18-11-9-14)19-17-7-6-15-4-2-3-5-16(15)12-17/h8-11,13,15-17,19H,2-7,12H2,1H3/t13-,15?,16?,17?/m0/s1. The Bertz CT molecular complexity index is 390. The van der Waals surface area contributed by atoms with E-state index in [2.05, 4.69) is 29.4 Å². The predicted molar refractivity (Wildman–Crippen MR) is 78.9 cm³/mol. The lowest BCUT2D eigenvalue weighted by Crippen LogP contribution is -2.39. The van der Waals surface area contributed by atoms with Gasteiger partial charge in [-0.1, -0.05) is 25.7 Å². The number of fused-ring (bicyclic) bond motifs is 1. The summed E-state index contributed by atoms with van der Waals surface area (Å²) >= 11 is 0. The van der Waals surface area contributed by atoms with Gasteiger partial charge in [-0.2, -0.15) is 0 Å². The molecule has 2 fully saturated rings. The zero-order valence-corrected chi connectivity index (χ0v) is 12.0. The van der Waals surface area contributed by atoms with Crippen LogP contribution in [0.2, 0.25) is 0 Å². The first kappa shape index (κ1) is 13.1. The highest BCUT2D eigenvalue weighted by Gasteiger charge is 2.32. The third-order valence-electron chi connectivity index (χ3n) is 5.23. The van der Waals surface area contributed by atoms with Crippen molar-refractivity contribution in [1.82, 2.24) is 10.3 Å². The molecule has 0 saturated heterocycles. The molecule has 1 aromatic rings. The number of aromatic nitrogens is 1. The molecular formula is C17H26N2. The van der Waals surface area contributed by atoms with Crippen molar-refractivity contribution < 1.29 is 0 Å². The third kappa shape index (κ3) is 3.17. The highest BCUT2D eigenvalue weighted by Crippen LogP contribution is 2.40. The molecule has 1 N–H and O–H groups in total. The van der Waals surface area contributed by atoms with E-state index in [-0.39, 0.29) is 0 Å². The number of rotatable bonds is 3. The summed E-state index contributed by atoms with van der Waals surface area (Å²) in [5.41, 5.74) is 1.36. The molecule has 2 nitrogen and oxygen atoms in total.